The summed E-state index contributed by atoms with van der Waals surface area (Å²) in [5.74, 6) is 1.68. The molecule has 0 aliphatic carbocycles. The lowest BCUT2D eigenvalue weighted by atomic mass is 9.79. The van der Waals surface area contributed by atoms with Gasteiger partial charge in [0.05, 0.1) is 0 Å². The van der Waals surface area contributed by atoms with Gasteiger partial charge in [-0.1, -0.05) is 40.5 Å². The normalized spacial score (nSPS) is 20.0. The van der Waals surface area contributed by atoms with E-state index in [1.54, 1.807) is 0 Å². The third-order valence-corrected chi connectivity index (χ3v) is 4.25. The molecule has 0 aromatic heterocycles. The topological polar surface area (TPSA) is 3.24 Å². The minimum atomic E-state index is 0.387. The van der Waals surface area contributed by atoms with Gasteiger partial charge in [-0.05, 0) is 45.7 Å². The summed E-state index contributed by atoms with van der Waals surface area (Å²) in [7, 11) is 4.44. The zero-order chi connectivity index (χ0) is 12.1. The van der Waals surface area contributed by atoms with Crippen LogP contribution in [0.5, 0.6) is 0 Å². The Hall–Kier alpha value is -0.0400. The van der Waals surface area contributed by atoms with Crippen molar-refractivity contribution in [3.63, 3.8) is 0 Å². The lowest BCUT2D eigenvalue weighted by Crippen LogP contribution is -2.43. The van der Waals surface area contributed by atoms with Crippen LogP contribution in [-0.2, 0) is 0 Å². The van der Waals surface area contributed by atoms with Crippen LogP contribution in [0.4, 0.5) is 0 Å². The molecule has 0 aromatic carbocycles. The zero-order valence-electron chi connectivity index (χ0n) is 11.9. The molecule has 92 valence electrons. The van der Waals surface area contributed by atoms with Crippen molar-refractivity contribution in [1.29, 1.82) is 0 Å². The Morgan fingerprint density at radius 3 is 1.93 bits per heavy atom. The Morgan fingerprint density at radius 2 is 1.60 bits per heavy atom. The third kappa shape index (κ3) is 4.55. The standard InChI is InChI=1S/C14H31N/c1-8-10-14(5,15(6)7)11-13(4)12(3)9-2/h12-13H,8-11H2,1-7H3. The van der Waals surface area contributed by atoms with Crippen molar-refractivity contribution >= 4 is 0 Å². The Balaban J connectivity index is 4.40. The molecule has 0 aliphatic rings. The van der Waals surface area contributed by atoms with Gasteiger partial charge in [0.25, 0.3) is 0 Å². The second-order valence-electron chi connectivity index (χ2n) is 5.71. The largest absolute Gasteiger partial charge is 0.304 e. The second-order valence-corrected chi connectivity index (χ2v) is 5.71. The molecule has 3 atom stereocenters. The van der Waals surface area contributed by atoms with E-state index in [-0.39, 0.29) is 0 Å². The van der Waals surface area contributed by atoms with Crippen LogP contribution in [0.25, 0.3) is 0 Å². The van der Waals surface area contributed by atoms with Gasteiger partial charge in [0.2, 0.25) is 0 Å². The third-order valence-electron chi connectivity index (χ3n) is 4.25. The summed E-state index contributed by atoms with van der Waals surface area (Å²) in [5.41, 5.74) is 0.387. The number of rotatable bonds is 7. The van der Waals surface area contributed by atoms with Gasteiger partial charge in [0.1, 0.15) is 0 Å². The molecular weight excluding hydrogens is 182 g/mol. The highest BCUT2D eigenvalue weighted by molar-refractivity contribution is 4.85. The lowest BCUT2D eigenvalue weighted by molar-refractivity contribution is 0.111. The lowest BCUT2D eigenvalue weighted by Gasteiger charge is -2.40. The molecule has 0 saturated carbocycles. The van der Waals surface area contributed by atoms with E-state index in [2.05, 4.69) is 53.6 Å². The summed E-state index contributed by atoms with van der Waals surface area (Å²) in [4.78, 5) is 2.41. The predicted molar refractivity (Wildman–Crippen MR) is 70.2 cm³/mol. The van der Waals surface area contributed by atoms with Gasteiger partial charge >= 0.3 is 0 Å². The van der Waals surface area contributed by atoms with Crippen LogP contribution in [0.1, 0.15) is 60.3 Å². The van der Waals surface area contributed by atoms with Crippen LogP contribution >= 0.6 is 0 Å². The summed E-state index contributed by atoms with van der Waals surface area (Å²) in [6.07, 6.45) is 5.21. The van der Waals surface area contributed by atoms with Crippen LogP contribution in [0, 0.1) is 11.8 Å². The Kier molecular flexibility index (Phi) is 6.51. The highest BCUT2D eigenvalue weighted by Gasteiger charge is 2.29. The second kappa shape index (κ2) is 6.52. The number of hydrogen-bond donors (Lipinski definition) is 0. The van der Waals surface area contributed by atoms with E-state index >= 15 is 0 Å². The summed E-state index contributed by atoms with van der Waals surface area (Å²) in [6, 6.07) is 0. The van der Waals surface area contributed by atoms with Crippen molar-refractivity contribution < 1.29 is 0 Å². The van der Waals surface area contributed by atoms with E-state index < -0.39 is 0 Å². The van der Waals surface area contributed by atoms with Crippen molar-refractivity contribution in [2.75, 3.05) is 14.1 Å². The molecule has 0 saturated heterocycles. The van der Waals surface area contributed by atoms with Crippen molar-refractivity contribution in [3.05, 3.63) is 0 Å². The fraction of sp³-hybridized carbons (Fsp3) is 1.00. The minimum Gasteiger partial charge on any atom is -0.304 e. The molecule has 1 heteroatoms. The fourth-order valence-electron chi connectivity index (χ4n) is 2.34. The first kappa shape index (κ1) is 15.0. The Labute approximate surface area is 97.2 Å². The fourth-order valence-corrected chi connectivity index (χ4v) is 2.34. The summed E-state index contributed by atoms with van der Waals surface area (Å²) in [5, 5.41) is 0. The van der Waals surface area contributed by atoms with Crippen LogP contribution in [0.15, 0.2) is 0 Å². The van der Waals surface area contributed by atoms with Gasteiger partial charge in [0.15, 0.2) is 0 Å². The monoisotopic (exact) mass is 213 g/mol. The van der Waals surface area contributed by atoms with Gasteiger partial charge in [-0.15, -0.1) is 0 Å². The van der Waals surface area contributed by atoms with E-state index in [0.717, 1.165) is 11.8 Å². The maximum absolute atomic E-state index is 2.41. The molecule has 0 radical (unpaired) electrons. The van der Waals surface area contributed by atoms with Gasteiger partial charge in [-0.25, -0.2) is 0 Å². The number of nitrogens with zero attached hydrogens (tertiary/aromatic N) is 1. The van der Waals surface area contributed by atoms with Crippen LogP contribution in [0.3, 0.4) is 0 Å². The van der Waals surface area contributed by atoms with E-state index in [1.807, 2.05) is 0 Å². The molecule has 0 bridgehead atoms. The minimum absolute atomic E-state index is 0.387. The van der Waals surface area contributed by atoms with E-state index in [4.69, 9.17) is 0 Å². The van der Waals surface area contributed by atoms with Gasteiger partial charge < -0.3 is 4.90 Å². The van der Waals surface area contributed by atoms with E-state index in [9.17, 15) is 0 Å². The molecular formula is C14H31N. The van der Waals surface area contributed by atoms with Gasteiger partial charge in [-0.3, -0.25) is 0 Å². The Bertz CT molecular complexity index is 165. The first-order valence-corrected chi connectivity index (χ1v) is 6.54. The number of hydrogen-bond acceptors (Lipinski definition) is 1. The predicted octanol–water partition coefficient (Wildman–Crippen LogP) is 4.18. The molecule has 0 amide bonds. The molecule has 0 N–H and O–H groups in total. The van der Waals surface area contributed by atoms with Crippen LogP contribution < -0.4 is 0 Å². The quantitative estimate of drug-likeness (QED) is 0.613. The SMILES string of the molecule is CCCC(C)(CC(C)C(C)CC)N(C)C. The molecule has 3 unspecified atom stereocenters. The Morgan fingerprint density at radius 1 is 1.07 bits per heavy atom. The van der Waals surface area contributed by atoms with Crippen molar-refractivity contribution in [1.82, 2.24) is 4.90 Å². The molecule has 0 aromatic rings. The molecule has 0 fully saturated rings. The van der Waals surface area contributed by atoms with E-state index in [0.29, 0.717) is 5.54 Å². The zero-order valence-corrected chi connectivity index (χ0v) is 11.9. The van der Waals surface area contributed by atoms with Crippen LogP contribution in [0.2, 0.25) is 0 Å². The first-order chi connectivity index (χ1) is 6.87. The summed E-state index contributed by atoms with van der Waals surface area (Å²) >= 11 is 0. The smallest absolute Gasteiger partial charge is 0.0177 e. The van der Waals surface area contributed by atoms with E-state index in [1.165, 1.54) is 25.7 Å². The average molecular weight is 213 g/mol. The average Bonchev–Trinajstić information content (AvgIpc) is 2.16. The highest BCUT2D eigenvalue weighted by atomic mass is 15.1. The van der Waals surface area contributed by atoms with Crippen molar-refractivity contribution in [2.24, 2.45) is 11.8 Å². The van der Waals surface area contributed by atoms with Gasteiger partial charge in [0, 0.05) is 5.54 Å². The molecule has 0 aliphatic heterocycles. The molecule has 15 heavy (non-hydrogen) atoms. The van der Waals surface area contributed by atoms with Gasteiger partial charge in [-0.2, -0.15) is 0 Å². The van der Waals surface area contributed by atoms with Crippen molar-refractivity contribution in [3.8, 4) is 0 Å². The van der Waals surface area contributed by atoms with Crippen molar-refractivity contribution in [2.45, 2.75) is 65.8 Å². The summed E-state index contributed by atoms with van der Waals surface area (Å²) < 4.78 is 0. The molecule has 0 spiro atoms. The highest BCUT2D eigenvalue weighted by Crippen LogP contribution is 2.31. The molecule has 0 rings (SSSR count). The first-order valence-electron chi connectivity index (χ1n) is 6.54. The summed E-state index contributed by atoms with van der Waals surface area (Å²) in [6.45, 7) is 11.8. The maximum Gasteiger partial charge on any atom is 0.0177 e. The molecule has 0 heterocycles. The molecule has 1 nitrogen and oxygen atoms in total. The maximum atomic E-state index is 2.41. The van der Waals surface area contributed by atoms with Crippen LogP contribution in [-0.4, -0.2) is 24.5 Å².